The van der Waals surface area contributed by atoms with Gasteiger partial charge in [0.15, 0.2) is 0 Å². The number of para-hydroxylation sites is 1. The highest BCUT2D eigenvalue weighted by Gasteiger charge is 2.11. The van der Waals surface area contributed by atoms with Crippen molar-refractivity contribution in [3.63, 3.8) is 0 Å². The number of hydrogen-bond donors (Lipinski definition) is 2. The SMILES string of the molecule is C=CCNC(=O)c1cc(C)nc(Nc2c(C)cccc2C)n1. The third kappa shape index (κ3) is 3.69. The van der Waals surface area contributed by atoms with E-state index in [0.29, 0.717) is 18.2 Å². The fourth-order valence-electron chi connectivity index (χ4n) is 2.12. The molecule has 0 aliphatic rings. The number of aryl methyl sites for hydroxylation is 3. The first-order valence-electron chi connectivity index (χ1n) is 7.09. The van der Waals surface area contributed by atoms with Gasteiger partial charge in [-0.3, -0.25) is 4.79 Å². The minimum atomic E-state index is -0.241. The summed E-state index contributed by atoms with van der Waals surface area (Å²) in [6.45, 7) is 9.85. The molecule has 5 nitrogen and oxygen atoms in total. The lowest BCUT2D eigenvalue weighted by Crippen LogP contribution is -2.24. The molecule has 1 aromatic heterocycles. The molecule has 114 valence electrons. The van der Waals surface area contributed by atoms with Crippen LogP contribution in [0, 0.1) is 20.8 Å². The van der Waals surface area contributed by atoms with Crippen LogP contribution in [0.5, 0.6) is 0 Å². The van der Waals surface area contributed by atoms with Crippen molar-refractivity contribution in [3.05, 3.63) is 59.4 Å². The van der Waals surface area contributed by atoms with E-state index in [2.05, 4.69) is 27.2 Å². The Balaban J connectivity index is 2.30. The number of rotatable bonds is 5. The minimum absolute atomic E-state index is 0.241. The van der Waals surface area contributed by atoms with Gasteiger partial charge in [-0.05, 0) is 38.0 Å². The summed E-state index contributed by atoms with van der Waals surface area (Å²) >= 11 is 0. The molecule has 1 amide bonds. The van der Waals surface area contributed by atoms with Crippen molar-refractivity contribution < 1.29 is 4.79 Å². The van der Waals surface area contributed by atoms with E-state index >= 15 is 0 Å². The first kappa shape index (κ1) is 15.7. The molecule has 22 heavy (non-hydrogen) atoms. The van der Waals surface area contributed by atoms with Gasteiger partial charge in [-0.15, -0.1) is 6.58 Å². The highest BCUT2D eigenvalue weighted by Crippen LogP contribution is 2.22. The van der Waals surface area contributed by atoms with Gasteiger partial charge in [-0.2, -0.15) is 0 Å². The number of nitrogens with one attached hydrogen (secondary N) is 2. The summed E-state index contributed by atoms with van der Waals surface area (Å²) in [6.07, 6.45) is 1.63. The van der Waals surface area contributed by atoms with E-state index in [9.17, 15) is 4.79 Å². The summed E-state index contributed by atoms with van der Waals surface area (Å²) < 4.78 is 0. The first-order valence-corrected chi connectivity index (χ1v) is 7.09. The molecule has 1 aromatic carbocycles. The third-order valence-electron chi connectivity index (χ3n) is 3.21. The number of benzene rings is 1. The summed E-state index contributed by atoms with van der Waals surface area (Å²) in [6, 6.07) is 7.70. The monoisotopic (exact) mass is 296 g/mol. The van der Waals surface area contributed by atoms with Crippen LogP contribution in [0.2, 0.25) is 0 Å². The van der Waals surface area contributed by atoms with Crippen molar-refractivity contribution in [2.24, 2.45) is 0 Å². The Kier molecular flexibility index (Phi) is 4.88. The molecule has 0 unspecified atom stereocenters. The molecule has 2 rings (SSSR count). The van der Waals surface area contributed by atoms with Crippen LogP contribution in [0.3, 0.4) is 0 Å². The molecule has 0 aliphatic heterocycles. The maximum Gasteiger partial charge on any atom is 0.270 e. The number of aromatic nitrogens is 2. The highest BCUT2D eigenvalue weighted by molar-refractivity contribution is 5.92. The molecule has 2 N–H and O–H groups in total. The molecular formula is C17H20N4O. The van der Waals surface area contributed by atoms with E-state index in [4.69, 9.17) is 0 Å². The van der Waals surface area contributed by atoms with Crippen molar-refractivity contribution in [2.75, 3.05) is 11.9 Å². The maximum atomic E-state index is 12.0. The minimum Gasteiger partial charge on any atom is -0.347 e. The van der Waals surface area contributed by atoms with E-state index in [-0.39, 0.29) is 5.91 Å². The van der Waals surface area contributed by atoms with Crippen LogP contribution in [0.15, 0.2) is 36.9 Å². The Morgan fingerprint density at radius 1 is 1.23 bits per heavy atom. The number of hydrogen-bond acceptors (Lipinski definition) is 4. The summed E-state index contributed by atoms with van der Waals surface area (Å²) in [7, 11) is 0. The fourth-order valence-corrected chi connectivity index (χ4v) is 2.12. The fraction of sp³-hybridized carbons (Fsp3) is 0.235. The van der Waals surface area contributed by atoms with Gasteiger partial charge < -0.3 is 10.6 Å². The summed E-state index contributed by atoms with van der Waals surface area (Å²) in [5, 5.41) is 5.92. The van der Waals surface area contributed by atoms with Crippen molar-refractivity contribution in [1.82, 2.24) is 15.3 Å². The third-order valence-corrected chi connectivity index (χ3v) is 3.21. The zero-order valence-corrected chi connectivity index (χ0v) is 13.1. The lowest BCUT2D eigenvalue weighted by atomic mass is 10.1. The summed E-state index contributed by atoms with van der Waals surface area (Å²) in [5.74, 6) is 0.177. The van der Waals surface area contributed by atoms with Crippen LogP contribution in [-0.2, 0) is 0 Å². The molecule has 5 heteroatoms. The van der Waals surface area contributed by atoms with E-state index in [1.54, 1.807) is 12.1 Å². The van der Waals surface area contributed by atoms with Gasteiger partial charge in [-0.25, -0.2) is 9.97 Å². The maximum absolute atomic E-state index is 12.0. The normalized spacial score (nSPS) is 10.1. The standard InChI is InChI=1S/C17H20N4O/c1-5-9-18-16(22)14-10-13(4)19-17(20-14)21-15-11(2)7-6-8-12(15)3/h5-8,10H,1,9H2,2-4H3,(H,18,22)(H,19,20,21). The van der Waals surface area contributed by atoms with Crippen molar-refractivity contribution in [1.29, 1.82) is 0 Å². The largest absolute Gasteiger partial charge is 0.347 e. The van der Waals surface area contributed by atoms with E-state index in [0.717, 1.165) is 22.5 Å². The Labute approximate surface area is 130 Å². The zero-order valence-electron chi connectivity index (χ0n) is 13.1. The number of amides is 1. The second-order valence-corrected chi connectivity index (χ2v) is 5.11. The molecule has 1 heterocycles. The number of carbonyl (C=O) groups is 1. The average molecular weight is 296 g/mol. The van der Waals surface area contributed by atoms with Gasteiger partial charge in [0.1, 0.15) is 5.69 Å². The number of nitrogens with zero attached hydrogens (tertiary/aromatic N) is 2. The molecule has 0 bridgehead atoms. The lowest BCUT2D eigenvalue weighted by molar-refractivity contribution is 0.0953. The van der Waals surface area contributed by atoms with Gasteiger partial charge >= 0.3 is 0 Å². The molecule has 0 atom stereocenters. The van der Waals surface area contributed by atoms with Crippen molar-refractivity contribution in [3.8, 4) is 0 Å². The summed E-state index contributed by atoms with van der Waals surface area (Å²) in [4.78, 5) is 20.7. The van der Waals surface area contributed by atoms with Gasteiger partial charge in [0.2, 0.25) is 5.95 Å². The Hall–Kier alpha value is -2.69. The smallest absolute Gasteiger partial charge is 0.270 e. The van der Waals surface area contributed by atoms with Crippen LogP contribution in [0.1, 0.15) is 27.3 Å². The van der Waals surface area contributed by atoms with Crippen molar-refractivity contribution >= 4 is 17.5 Å². The predicted octanol–water partition coefficient (Wildman–Crippen LogP) is 3.06. The Morgan fingerprint density at radius 3 is 2.55 bits per heavy atom. The number of carbonyl (C=O) groups excluding carboxylic acids is 1. The molecule has 0 aliphatic carbocycles. The molecule has 0 saturated heterocycles. The molecule has 0 saturated carbocycles. The predicted molar refractivity (Wildman–Crippen MR) is 88.5 cm³/mol. The van der Waals surface area contributed by atoms with Crippen LogP contribution in [-0.4, -0.2) is 22.4 Å². The van der Waals surface area contributed by atoms with Crippen LogP contribution < -0.4 is 10.6 Å². The molecule has 2 aromatic rings. The second kappa shape index (κ2) is 6.85. The van der Waals surface area contributed by atoms with Gasteiger partial charge in [-0.1, -0.05) is 24.3 Å². The first-order chi connectivity index (χ1) is 10.5. The van der Waals surface area contributed by atoms with E-state index in [1.165, 1.54) is 0 Å². The van der Waals surface area contributed by atoms with Gasteiger partial charge in [0.05, 0.1) is 0 Å². The van der Waals surface area contributed by atoms with Crippen LogP contribution >= 0.6 is 0 Å². The number of anilines is 2. The second-order valence-electron chi connectivity index (χ2n) is 5.11. The zero-order chi connectivity index (χ0) is 16.1. The molecular weight excluding hydrogens is 276 g/mol. The Bertz CT molecular complexity index is 690. The van der Waals surface area contributed by atoms with Crippen LogP contribution in [0.25, 0.3) is 0 Å². The molecule has 0 radical (unpaired) electrons. The lowest BCUT2D eigenvalue weighted by Gasteiger charge is -2.12. The average Bonchev–Trinajstić information content (AvgIpc) is 2.48. The van der Waals surface area contributed by atoms with Crippen molar-refractivity contribution in [2.45, 2.75) is 20.8 Å². The van der Waals surface area contributed by atoms with Gasteiger partial charge in [0, 0.05) is 17.9 Å². The quantitative estimate of drug-likeness (QED) is 0.832. The highest BCUT2D eigenvalue weighted by atomic mass is 16.1. The van der Waals surface area contributed by atoms with E-state index < -0.39 is 0 Å². The molecule has 0 fully saturated rings. The van der Waals surface area contributed by atoms with Crippen LogP contribution in [0.4, 0.5) is 11.6 Å². The molecule has 0 spiro atoms. The Morgan fingerprint density at radius 2 is 1.91 bits per heavy atom. The van der Waals surface area contributed by atoms with E-state index in [1.807, 2.05) is 39.0 Å². The topological polar surface area (TPSA) is 66.9 Å². The summed E-state index contributed by atoms with van der Waals surface area (Å²) in [5.41, 5.74) is 4.23. The van der Waals surface area contributed by atoms with Gasteiger partial charge in [0.25, 0.3) is 5.91 Å².